The molecule has 0 heterocycles. The first-order valence-electron chi connectivity index (χ1n) is 6.58. The molecule has 1 saturated carbocycles. The Morgan fingerprint density at radius 2 is 2.11 bits per heavy atom. The van der Waals surface area contributed by atoms with Gasteiger partial charge < -0.3 is 15.7 Å². The first-order chi connectivity index (χ1) is 8.79. The van der Waals surface area contributed by atoms with Gasteiger partial charge in [0.05, 0.1) is 12.0 Å². The number of urea groups is 1. The Morgan fingerprint density at radius 1 is 1.42 bits per heavy atom. The molecular weight excluding hydrogens is 261 g/mol. The minimum atomic E-state index is -4.18. The fourth-order valence-corrected chi connectivity index (χ4v) is 2.25. The molecule has 0 radical (unpaired) electrons. The minimum absolute atomic E-state index is 0.0483. The lowest BCUT2D eigenvalue weighted by Gasteiger charge is -2.31. The molecule has 0 bridgehead atoms. The number of alkyl halides is 3. The van der Waals surface area contributed by atoms with Crippen molar-refractivity contribution in [1.82, 2.24) is 10.6 Å². The zero-order chi connectivity index (χ0) is 14.5. The van der Waals surface area contributed by atoms with Crippen LogP contribution in [0.5, 0.6) is 0 Å². The van der Waals surface area contributed by atoms with Crippen molar-refractivity contribution in [2.24, 2.45) is 5.92 Å². The molecule has 2 amide bonds. The van der Waals surface area contributed by atoms with Crippen LogP contribution in [0, 0.1) is 5.92 Å². The number of hydrogen-bond donors (Lipinski definition) is 3. The van der Waals surface area contributed by atoms with Gasteiger partial charge in [-0.1, -0.05) is 6.42 Å². The van der Waals surface area contributed by atoms with Gasteiger partial charge in [-0.3, -0.25) is 0 Å². The van der Waals surface area contributed by atoms with E-state index >= 15 is 0 Å². The van der Waals surface area contributed by atoms with Crippen LogP contribution < -0.4 is 10.6 Å². The molecular formula is C12H21F3N2O2. The quantitative estimate of drug-likeness (QED) is 0.740. The summed E-state index contributed by atoms with van der Waals surface area (Å²) in [6.07, 6.45) is -3.12. The molecule has 0 spiro atoms. The van der Waals surface area contributed by atoms with Crippen LogP contribution >= 0.6 is 0 Å². The topological polar surface area (TPSA) is 61.4 Å². The van der Waals surface area contributed by atoms with Crippen molar-refractivity contribution in [3.63, 3.8) is 0 Å². The van der Waals surface area contributed by atoms with Crippen LogP contribution in [-0.4, -0.2) is 36.0 Å². The molecule has 1 fully saturated rings. The summed E-state index contributed by atoms with van der Waals surface area (Å²) in [5.41, 5.74) is 0. The second-order valence-corrected chi connectivity index (χ2v) is 5.14. The van der Waals surface area contributed by atoms with Crippen LogP contribution in [0.4, 0.5) is 18.0 Å². The van der Waals surface area contributed by atoms with Crippen LogP contribution in [0.3, 0.4) is 0 Å². The number of hydrogen-bond acceptors (Lipinski definition) is 2. The summed E-state index contributed by atoms with van der Waals surface area (Å²) in [5.74, 6) is -1.32. The van der Waals surface area contributed by atoms with Crippen LogP contribution in [0.25, 0.3) is 0 Å². The van der Waals surface area contributed by atoms with Gasteiger partial charge in [-0.2, -0.15) is 13.2 Å². The lowest BCUT2D eigenvalue weighted by molar-refractivity contribution is -0.183. The van der Waals surface area contributed by atoms with Crippen molar-refractivity contribution in [2.45, 2.75) is 57.3 Å². The molecule has 0 aliphatic heterocycles. The summed E-state index contributed by atoms with van der Waals surface area (Å²) in [6, 6.07) is -0.889. The monoisotopic (exact) mass is 282 g/mol. The lowest BCUT2D eigenvalue weighted by atomic mass is 9.85. The van der Waals surface area contributed by atoms with Gasteiger partial charge in [-0.15, -0.1) is 0 Å². The Labute approximate surface area is 110 Å². The predicted molar refractivity (Wildman–Crippen MR) is 64.6 cm³/mol. The molecule has 0 aromatic rings. The van der Waals surface area contributed by atoms with Gasteiger partial charge in [-0.25, -0.2) is 4.79 Å². The summed E-state index contributed by atoms with van der Waals surface area (Å²) in [6.45, 7) is 1.91. The summed E-state index contributed by atoms with van der Waals surface area (Å²) in [5, 5.41) is 14.1. The molecule has 7 heteroatoms. The van der Waals surface area contributed by atoms with Crippen molar-refractivity contribution >= 4 is 6.03 Å². The summed E-state index contributed by atoms with van der Waals surface area (Å²) < 4.78 is 37.8. The maximum Gasteiger partial charge on any atom is 0.391 e. The molecule has 3 unspecified atom stereocenters. The van der Waals surface area contributed by atoms with Gasteiger partial charge in [0.2, 0.25) is 0 Å². The predicted octanol–water partition coefficient (Wildman–Crippen LogP) is 2.18. The summed E-state index contributed by atoms with van der Waals surface area (Å²) in [4.78, 5) is 11.5. The first kappa shape index (κ1) is 16.1. The molecule has 0 aromatic heterocycles. The van der Waals surface area contributed by atoms with Gasteiger partial charge in [-0.05, 0) is 32.6 Å². The number of nitrogens with one attached hydrogen (secondary N) is 2. The van der Waals surface area contributed by atoms with E-state index in [1.807, 2.05) is 0 Å². The normalized spacial score (nSPS) is 25.7. The second-order valence-electron chi connectivity index (χ2n) is 5.14. The van der Waals surface area contributed by atoms with Gasteiger partial charge >= 0.3 is 12.2 Å². The van der Waals surface area contributed by atoms with Crippen molar-refractivity contribution < 1.29 is 23.1 Å². The van der Waals surface area contributed by atoms with Crippen molar-refractivity contribution in [1.29, 1.82) is 0 Å². The van der Waals surface area contributed by atoms with E-state index in [9.17, 15) is 18.0 Å². The fraction of sp³-hybridized carbons (Fsp3) is 0.917. The average molecular weight is 282 g/mol. The maximum absolute atomic E-state index is 12.6. The van der Waals surface area contributed by atoms with E-state index in [1.165, 1.54) is 0 Å². The smallest absolute Gasteiger partial charge is 0.391 e. The van der Waals surface area contributed by atoms with E-state index in [4.69, 9.17) is 5.11 Å². The number of aliphatic hydroxyl groups excluding tert-OH is 1. The zero-order valence-corrected chi connectivity index (χ0v) is 11.0. The Bertz CT molecular complexity index is 295. The molecule has 1 aliphatic carbocycles. The zero-order valence-electron chi connectivity index (χ0n) is 11.0. The van der Waals surface area contributed by atoms with Gasteiger partial charge in [0, 0.05) is 12.6 Å². The van der Waals surface area contributed by atoms with Crippen LogP contribution in [-0.2, 0) is 0 Å². The van der Waals surface area contributed by atoms with Crippen LogP contribution in [0.15, 0.2) is 0 Å². The van der Waals surface area contributed by atoms with Gasteiger partial charge in [0.1, 0.15) is 0 Å². The van der Waals surface area contributed by atoms with E-state index < -0.39 is 30.3 Å². The third-order valence-corrected chi connectivity index (χ3v) is 3.32. The number of halogens is 3. The van der Waals surface area contributed by atoms with Crippen LogP contribution in [0.2, 0.25) is 0 Å². The highest BCUT2D eigenvalue weighted by atomic mass is 19.4. The number of carbonyl (C=O) groups excluding carboxylic acids is 1. The molecule has 1 aliphatic rings. The molecule has 3 N–H and O–H groups in total. The number of rotatable bonds is 4. The lowest BCUT2D eigenvalue weighted by Crippen LogP contribution is -2.46. The van der Waals surface area contributed by atoms with E-state index in [1.54, 1.807) is 6.92 Å². The van der Waals surface area contributed by atoms with Crippen LogP contribution in [0.1, 0.15) is 39.0 Å². The van der Waals surface area contributed by atoms with E-state index in [-0.39, 0.29) is 12.8 Å². The molecule has 1 rings (SSSR count). The second kappa shape index (κ2) is 6.98. The Kier molecular flexibility index (Phi) is 5.90. The standard InChI is InChI=1S/C12H21F3N2O2/c1-8(18)5-6-16-11(19)17-10-4-2-3-9(7-10)12(13,14)15/h8-10,18H,2-7H2,1H3,(H2,16,17,19). The highest BCUT2D eigenvalue weighted by Crippen LogP contribution is 2.37. The number of aliphatic hydroxyl groups is 1. The highest BCUT2D eigenvalue weighted by molar-refractivity contribution is 5.74. The minimum Gasteiger partial charge on any atom is -0.393 e. The van der Waals surface area contributed by atoms with Crippen molar-refractivity contribution in [3.05, 3.63) is 0 Å². The van der Waals surface area contributed by atoms with Crippen molar-refractivity contribution in [3.8, 4) is 0 Å². The third kappa shape index (κ3) is 6.13. The van der Waals surface area contributed by atoms with E-state index in [0.717, 1.165) is 0 Å². The largest absolute Gasteiger partial charge is 0.393 e. The third-order valence-electron chi connectivity index (χ3n) is 3.32. The molecule has 0 aromatic carbocycles. The molecule has 0 saturated heterocycles. The fourth-order valence-electron chi connectivity index (χ4n) is 2.25. The Morgan fingerprint density at radius 3 is 2.68 bits per heavy atom. The van der Waals surface area contributed by atoms with Gasteiger partial charge in [0.15, 0.2) is 0 Å². The Balaban J connectivity index is 2.30. The number of amides is 2. The first-order valence-corrected chi connectivity index (χ1v) is 6.58. The SMILES string of the molecule is CC(O)CCNC(=O)NC1CCCC(C(F)(F)F)C1. The molecule has 3 atom stereocenters. The van der Waals surface area contributed by atoms with E-state index in [0.29, 0.717) is 25.8 Å². The highest BCUT2D eigenvalue weighted by Gasteiger charge is 2.42. The average Bonchev–Trinajstić information content (AvgIpc) is 2.27. The van der Waals surface area contributed by atoms with Crippen molar-refractivity contribution in [2.75, 3.05) is 6.54 Å². The van der Waals surface area contributed by atoms with E-state index in [2.05, 4.69) is 10.6 Å². The molecule has 4 nitrogen and oxygen atoms in total. The summed E-state index contributed by atoms with van der Waals surface area (Å²) in [7, 11) is 0. The molecule has 112 valence electrons. The van der Waals surface area contributed by atoms with Gasteiger partial charge in [0.25, 0.3) is 0 Å². The Hall–Kier alpha value is -0.980. The molecule has 19 heavy (non-hydrogen) atoms. The maximum atomic E-state index is 12.6. The number of carbonyl (C=O) groups is 1. The summed E-state index contributed by atoms with van der Waals surface area (Å²) >= 11 is 0.